The smallest absolute Gasteiger partial charge is 0.311 e. The number of amides is 3. The number of hydrogen-bond acceptors (Lipinski definition) is 5. The standard InChI is InChI=1S/C26H30BrN3O5/c1-15-16(2)21(11-10-20(15)27)28-22(31)14-35-25(34)18-12-23(32)30(13-18)29-24(33)17-6-8-19(9-7-17)26(3,4)5/h6-11,18H,12-14H2,1-5H3,(H,28,31)(H,29,33)/t18-/m0/s1. The molecule has 9 heteroatoms. The van der Waals surface area contributed by atoms with Gasteiger partial charge in [0, 0.05) is 22.1 Å². The molecule has 3 rings (SSSR count). The number of benzene rings is 2. The Morgan fingerprint density at radius 3 is 2.34 bits per heavy atom. The Labute approximate surface area is 213 Å². The molecule has 0 aromatic heterocycles. The van der Waals surface area contributed by atoms with E-state index in [2.05, 4.69) is 47.4 Å². The van der Waals surface area contributed by atoms with Gasteiger partial charge in [0.1, 0.15) is 0 Å². The summed E-state index contributed by atoms with van der Waals surface area (Å²) in [5.41, 5.74) is 6.54. The van der Waals surface area contributed by atoms with E-state index in [4.69, 9.17) is 4.74 Å². The molecule has 0 saturated carbocycles. The van der Waals surface area contributed by atoms with Gasteiger partial charge in [-0.05, 0) is 60.2 Å². The highest BCUT2D eigenvalue weighted by molar-refractivity contribution is 9.10. The third-order valence-electron chi connectivity index (χ3n) is 6.05. The van der Waals surface area contributed by atoms with Crippen molar-refractivity contribution in [1.29, 1.82) is 0 Å². The average molecular weight is 544 g/mol. The first-order chi connectivity index (χ1) is 16.4. The zero-order valence-corrected chi connectivity index (χ0v) is 22.1. The SMILES string of the molecule is Cc1c(Br)ccc(NC(=O)COC(=O)[C@H]2CC(=O)N(NC(=O)c3ccc(C(C)(C)C)cc3)C2)c1C. The molecule has 8 nitrogen and oxygen atoms in total. The second-order valence-electron chi connectivity index (χ2n) is 9.67. The average Bonchev–Trinajstić information content (AvgIpc) is 3.17. The van der Waals surface area contributed by atoms with E-state index in [9.17, 15) is 19.2 Å². The van der Waals surface area contributed by atoms with Gasteiger partial charge in [-0.2, -0.15) is 0 Å². The maximum absolute atomic E-state index is 12.6. The highest BCUT2D eigenvalue weighted by atomic mass is 79.9. The molecular weight excluding hydrogens is 514 g/mol. The van der Waals surface area contributed by atoms with Gasteiger partial charge < -0.3 is 10.1 Å². The van der Waals surface area contributed by atoms with Crippen LogP contribution in [0.3, 0.4) is 0 Å². The number of halogens is 1. The van der Waals surface area contributed by atoms with Gasteiger partial charge in [0.05, 0.1) is 12.5 Å². The fourth-order valence-corrected chi connectivity index (χ4v) is 4.08. The fourth-order valence-electron chi connectivity index (χ4n) is 3.65. The zero-order valence-electron chi connectivity index (χ0n) is 20.5. The first-order valence-corrected chi connectivity index (χ1v) is 12.1. The number of nitrogens with zero attached hydrogens (tertiary/aromatic N) is 1. The molecule has 1 heterocycles. The van der Waals surface area contributed by atoms with Gasteiger partial charge in [0.2, 0.25) is 5.91 Å². The number of carbonyl (C=O) groups excluding carboxylic acids is 4. The summed E-state index contributed by atoms with van der Waals surface area (Å²) in [6.45, 7) is 9.57. The highest BCUT2D eigenvalue weighted by Crippen LogP contribution is 2.26. The number of rotatable bonds is 6. The highest BCUT2D eigenvalue weighted by Gasteiger charge is 2.36. The third-order valence-corrected chi connectivity index (χ3v) is 6.91. The van der Waals surface area contributed by atoms with E-state index in [1.54, 1.807) is 18.2 Å². The maximum atomic E-state index is 12.6. The van der Waals surface area contributed by atoms with Crippen LogP contribution in [0.1, 0.15) is 54.2 Å². The van der Waals surface area contributed by atoms with Crippen molar-refractivity contribution >= 4 is 45.3 Å². The summed E-state index contributed by atoms with van der Waals surface area (Å²) >= 11 is 3.44. The molecule has 1 saturated heterocycles. The fraction of sp³-hybridized carbons (Fsp3) is 0.385. The molecule has 1 fully saturated rings. The van der Waals surface area contributed by atoms with Crippen molar-refractivity contribution in [3.63, 3.8) is 0 Å². The molecular formula is C26H30BrN3O5. The van der Waals surface area contributed by atoms with Crippen LogP contribution in [-0.2, 0) is 24.5 Å². The minimum absolute atomic E-state index is 0.0177. The van der Waals surface area contributed by atoms with Crippen LogP contribution in [-0.4, -0.2) is 41.9 Å². The Bertz CT molecular complexity index is 1150. The first-order valence-electron chi connectivity index (χ1n) is 11.3. The van der Waals surface area contributed by atoms with Gasteiger partial charge in [0.25, 0.3) is 11.8 Å². The molecule has 0 unspecified atom stereocenters. The van der Waals surface area contributed by atoms with E-state index in [0.717, 1.165) is 26.2 Å². The largest absolute Gasteiger partial charge is 0.455 e. The molecule has 3 amide bonds. The quantitative estimate of drug-likeness (QED) is 0.535. The number of anilines is 1. The topological polar surface area (TPSA) is 105 Å². The second-order valence-corrected chi connectivity index (χ2v) is 10.5. The number of ether oxygens (including phenoxy) is 1. The second kappa shape index (κ2) is 10.6. The minimum atomic E-state index is -0.768. The van der Waals surface area contributed by atoms with Crippen LogP contribution in [0.15, 0.2) is 40.9 Å². The molecule has 0 bridgehead atoms. The Morgan fingerprint density at radius 1 is 1.06 bits per heavy atom. The van der Waals surface area contributed by atoms with Gasteiger partial charge in [-0.15, -0.1) is 0 Å². The summed E-state index contributed by atoms with van der Waals surface area (Å²) in [5, 5.41) is 3.85. The van der Waals surface area contributed by atoms with E-state index < -0.39 is 36.2 Å². The van der Waals surface area contributed by atoms with Crippen molar-refractivity contribution in [2.75, 3.05) is 18.5 Å². The van der Waals surface area contributed by atoms with E-state index in [1.807, 2.05) is 32.0 Å². The molecule has 35 heavy (non-hydrogen) atoms. The van der Waals surface area contributed by atoms with Crippen LogP contribution in [0.5, 0.6) is 0 Å². The van der Waals surface area contributed by atoms with Gasteiger partial charge in [0.15, 0.2) is 6.61 Å². The van der Waals surface area contributed by atoms with Gasteiger partial charge >= 0.3 is 5.97 Å². The van der Waals surface area contributed by atoms with Crippen molar-refractivity contribution < 1.29 is 23.9 Å². The summed E-state index contributed by atoms with van der Waals surface area (Å²) in [5.74, 6) is -2.74. The van der Waals surface area contributed by atoms with Crippen LogP contribution in [0.4, 0.5) is 5.69 Å². The molecule has 1 atom stereocenters. The number of carbonyl (C=O) groups is 4. The Balaban J connectivity index is 1.51. The van der Waals surface area contributed by atoms with E-state index >= 15 is 0 Å². The number of esters is 1. The number of hydrazine groups is 1. The minimum Gasteiger partial charge on any atom is -0.455 e. The van der Waals surface area contributed by atoms with Crippen LogP contribution >= 0.6 is 15.9 Å². The molecule has 2 aromatic rings. The van der Waals surface area contributed by atoms with Crippen LogP contribution in [0.25, 0.3) is 0 Å². The van der Waals surface area contributed by atoms with Gasteiger partial charge in [-0.1, -0.05) is 48.8 Å². The van der Waals surface area contributed by atoms with Crippen LogP contribution in [0, 0.1) is 19.8 Å². The summed E-state index contributed by atoms with van der Waals surface area (Å²) < 4.78 is 6.07. The van der Waals surface area contributed by atoms with Gasteiger partial charge in [-0.25, -0.2) is 0 Å². The lowest BCUT2D eigenvalue weighted by atomic mass is 9.87. The van der Waals surface area contributed by atoms with Crippen molar-refractivity contribution in [2.24, 2.45) is 5.92 Å². The Kier molecular flexibility index (Phi) is 8.00. The molecule has 2 aromatic carbocycles. The lowest BCUT2D eigenvalue weighted by Crippen LogP contribution is -2.43. The van der Waals surface area contributed by atoms with E-state index in [0.29, 0.717) is 11.3 Å². The monoisotopic (exact) mass is 543 g/mol. The normalized spacial score (nSPS) is 15.7. The first kappa shape index (κ1) is 26.4. The summed E-state index contributed by atoms with van der Waals surface area (Å²) in [7, 11) is 0. The van der Waals surface area contributed by atoms with E-state index in [1.165, 1.54) is 0 Å². The molecule has 1 aliphatic heterocycles. The Hall–Kier alpha value is -3.20. The lowest BCUT2D eigenvalue weighted by molar-refractivity contribution is -0.151. The van der Waals surface area contributed by atoms with Crippen molar-refractivity contribution in [3.05, 3.63) is 63.1 Å². The number of nitrogens with one attached hydrogen (secondary N) is 2. The summed E-state index contributed by atoms with van der Waals surface area (Å²) in [6.07, 6.45) is -0.102. The predicted molar refractivity (Wildman–Crippen MR) is 136 cm³/mol. The molecule has 0 spiro atoms. The molecule has 0 aliphatic carbocycles. The van der Waals surface area contributed by atoms with E-state index in [-0.39, 0.29) is 18.4 Å². The van der Waals surface area contributed by atoms with Crippen molar-refractivity contribution in [1.82, 2.24) is 10.4 Å². The Morgan fingerprint density at radius 2 is 1.71 bits per heavy atom. The molecule has 1 aliphatic rings. The van der Waals surface area contributed by atoms with Crippen LogP contribution < -0.4 is 10.7 Å². The van der Waals surface area contributed by atoms with Crippen molar-refractivity contribution in [2.45, 2.75) is 46.5 Å². The maximum Gasteiger partial charge on any atom is 0.311 e. The lowest BCUT2D eigenvalue weighted by Gasteiger charge is -2.20. The molecule has 186 valence electrons. The summed E-state index contributed by atoms with van der Waals surface area (Å²) in [6, 6.07) is 10.8. The van der Waals surface area contributed by atoms with Crippen LogP contribution in [0.2, 0.25) is 0 Å². The summed E-state index contributed by atoms with van der Waals surface area (Å²) in [4.78, 5) is 49.6. The zero-order chi connectivity index (χ0) is 25.9. The number of hydrogen-bond donors (Lipinski definition) is 2. The predicted octanol–water partition coefficient (Wildman–Crippen LogP) is 4.04. The molecule has 0 radical (unpaired) electrons. The van der Waals surface area contributed by atoms with Crippen molar-refractivity contribution in [3.8, 4) is 0 Å². The third kappa shape index (κ3) is 6.48. The molecule has 2 N–H and O–H groups in total. The van der Waals surface area contributed by atoms with Gasteiger partial charge in [-0.3, -0.25) is 29.6 Å².